The summed E-state index contributed by atoms with van der Waals surface area (Å²) >= 11 is 0. The summed E-state index contributed by atoms with van der Waals surface area (Å²) in [6.07, 6.45) is 0. The fourth-order valence-electron chi connectivity index (χ4n) is 19.0. The molecule has 121 heavy (non-hydrogen) atoms. The number of fused-ring (bicyclic) bond motifs is 21. The molecule has 25 rings (SSSR count). The number of para-hydroxylation sites is 6. The fourth-order valence-corrected chi connectivity index (χ4v) is 19.0. The van der Waals surface area contributed by atoms with Gasteiger partial charge in [0.05, 0.1) is 33.1 Å². The lowest BCUT2D eigenvalue weighted by atomic mass is 9.92. The van der Waals surface area contributed by atoms with Gasteiger partial charge in [0.1, 0.15) is 0 Å². The molecule has 3 nitrogen and oxygen atoms in total. The Hall–Kier alpha value is -15.9. The molecule has 0 unspecified atom stereocenters. The smallest absolute Gasteiger partial charge is 0.0541 e. The Morgan fingerprint density at radius 1 is 0.0992 bits per heavy atom. The van der Waals surface area contributed by atoms with Crippen LogP contribution in [0.3, 0.4) is 0 Å². The molecule has 25 aromatic rings. The second-order valence-electron chi connectivity index (χ2n) is 31.8. The lowest BCUT2D eigenvalue weighted by Gasteiger charge is -2.12. The van der Waals surface area contributed by atoms with E-state index in [1.54, 1.807) is 0 Å². The third-order valence-corrected chi connectivity index (χ3v) is 25.0. The zero-order valence-electron chi connectivity index (χ0n) is 66.3. The van der Waals surface area contributed by atoms with E-state index in [2.05, 4.69) is 481 Å². The number of nitrogens with zero attached hydrogens (tertiary/aromatic N) is 3. The van der Waals surface area contributed by atoms with Gasteiger partial charge in [0.2, 0.25) is 0 Å². The predicted octanol–water partition coefficient (Wildman–Crippen LogP) is 32.4. The Morgan fingerprint density at radius 2 is 0.306 bits per heavy atom. The summed E-state index contributed by atoms with van der Waals surface area (Å²) in [6.45, 7) is 0. The Kier molecular flexibility index (Phi) is 17.3. The van der Waals surface area contributed by atoms with E-state index >= 15 is 0 Å². The highest BCUT2D eigenvalue weighted by atomic mass is 15.0. The summed E-state index contributed by atoms with van der Waals surface area (Å²) in [4.78, 5) is 0. The first-order chi connectivity index (χ1) is 60.0. The van der Waals surface area contributed by atoms with E-state index in [1.807, 2.05) is 0 Å². The highest BCUT2D eigenvalue weighted by Crippen LogP contribution is 2.43. The van der Waals surface area contributed by atoms with Crippen molar-refractivity contribution in [2.45, 2.75) is 0 Å². The molecule has 0 bridgehead atoms. The Balaban J connectivity index is 0.000000106. The molecule has 0 aliphatic heterocycles. The molecular formula is C118H77N3. The molecule has 0 saturated carbocycles. The van der Waals surface area contributed by atoms with Gasteiger partial charge in [-0.1, -0.05) is 358 Å². The summed E-state index contributed by atoms with van der Waals surface area (Å²) in [7, 11) is 0. The molecule has 0 aliphatic carbocycles. The average Bonchev–Trinajstić information content (AvgIpc) is 1.65. The van der Waals surface area contributed by atoms with Gasteiger partial charge >= 0.3 is 0 Å². The van der Waals surface area contributed by atoms with Crippen LogP contribution in [0.15, 0.2) is 467 Å². The summed E-state index contributed by atoms with van der Waals surface area (Å²) in [6, 6.07) is 170. The van der Waals surface area contributed by atoms with Crippen LogP contribution < -0.4 is 0 Å². The molecule has 3 heterocycles. The first-order valence-electron chi connectivity index (χ1n) is 41.7. The number of benzene rings is 22. The molecule has 0 N–H and O–H groups in total. The van der Waals surface area contributed by atoms with Crippen molar-refractivity contribution in [3.63, 3.8) is 0 Å². The SMILES string of the molecule is c1ccc(-n2c3ccccc3c3cc(-c4ccc(-c5ccc6c(ccc7ccccc76)c5)cc4)ccc32)cc1.c1ccc(-n2c3ccccc3c3cc(-c4ccc(-c5ccc6c7ccccc7c7ccccc7c6c5)cc4)ccc32)cc1.c1ccc(-n2c3ccccc3c3cc(-c4ccc(-c5ccc6ccc7ccccc7c6c5)cc4)ccc32)cc1. The van der Waals surface area contributed by atoms with Crippen LogP contribution in [0, 0.1) is 0 Å². The molecule has 3 heteroatoms. The molecule has 0 fully saturated rings. The summed E-state index contributed by atoms with van der Waals surface area (Å²) in [5.41, 5.74) is 25.7. The third-order valence-electron chi connectivity index (χ3n) is 25.0. The van der Waals surface area contributed by atoms with Gasteiger partial charge in [-0.15, -0.1) is 0 Å². The standard InChI is InChI=1S/C42H27N.2C38H25N/c1-2-10-32(11-3-1)43-41-17-9-8-16-38(41)40-27-31(23-25-42(40)43)29-20-18-28(19-21-29)30-22-24-37-35-14-5-4-12-33(35)34-13-6-7-15-36(34)39(37)26-30;1-2-9-32(10-3-1)39-37-13-7-6-12-35(37)36-25-30(21-23-38(36)39)27-16-14-26(15-17-27)29-20-22-34-31(24-29)19-18-28-8-4-5-11-33(28)34;1-2-9-32(10-3-1)39-37-13-7-6-12-34(37)36-25-31(22-23-38(36)39)27-16-14-26(15-17-27)30-21-20-29-19-18-28-8-4-5-11-33(28)35(29)24-30/h1-27H;2*1-25H. The van der Waals surface area contributed by atoms with Crippen molar-refractivity contribution >= 4 is 141 Å². The van der Waals surface area contributed by atoms with Crippen molar-refractivity contribution in [2.24, 2.45) is 0 Å². The second kappa shape index (κ2) is 29.7. The van der Waals surface area contributed by atoms with Crippen molar-refractivity contribution in [1.29, 1.82) is 0 Å². The zero-order chi connectivity index (χ0) is 79.9. The maximum Gasteiger partial charge on any atom is 0.0541 e. The highest BCUT2D eigenvalue weighted by molar-refractivity contribution is 6.26. The molecule has 0 spiro atoms. The predicted molar refractivity (Wildman–Crippen MR) is 518 cm³/mol. The van der Waals surface area contributed by atoms with Gasteiger partial charge in [0.25, 0.3) is 0 Å². The van der Waals surface area contributed by atoms with Crippen LogP contribution >= 0.6 is 0 Å². The van der Waals surface area contributed by atoms with Crippen molar-refractivity contribution in [3.8, 4) is 83.8 Å². The number of aromatic nitrogens is 3. The maximum absolute atomic E-state index is 2.37. The van der Waals surface area contributed by atoms with Gasteiger partial charge in [0, 0.05) is 49.4 Å². The van der Waals surface area contributed by atoms with E-state index < -0.39 is 0 Å². The van der Waals surface area contributed by atoms with Crippen LogP contribution in [0.25, 0.3) is 225 Å². The minimum atomic E-state index is 1.18. The number of hydrogen-bond donors (Lipinski definition) is 0. The first-order valence-corrected chi connectivity index (χ1v) is 41.7. The summed E-state index contributed by atoms with van der Waals surface area (Å²) < 4.78 is 7.09. The van der Waals surface area contributed by atoms with E-state index in [-0.39, 0.29) is 0 Å². The van der Waals surface area contributed by atoms with Crippen LogP contribution in [-0.2, 0) is 0 Å². The van der Waals surface area contributed by atoms with Gasteiger partial charge < -0.3 is 13.7 Å². The van der Waals surface area contributed by atoms with E-state index in [9.17, 15) is 0 Å². The van der Waals surface area contributed by atoms with Gasteiger partial charge in [0.15, 0.2) is 0 Å². The molecule has 0 atom stereocenters. The van der Waals surface area contributed by atoms with Gasteiger partial charge in [-0.25, -0.2) is 0 Å². The van der Waals surface area contributed by atoms with Crippen LogP contribution in [0.5, 0.6) is 0 Å². The minimum absolute atomic E-state index is 1.18. The van der Waals surface area contributed by atoms with Crippen molar-refractivity contribution in [3.05, 3.63) is 467 Å². The normalized spacial score (nSPS) is 11.6. The molecule has 0 radical (unpaired) electrons. The van der Waals surface area contributed by atoms with E-state index in [0.717, 1.165) is 0 Å². The molecule has 0 aliphatic rings. The van der Waals surface area contributed by atoms with Crippen LogP contribution in [0.4, 0.5) is 0 Å². The average molecular weight is 1540 g/mol. The fraction of sp³-hybridized carbons (Fsp3) is 0. The molecule has 0 saturated heterocycles. The monoisotopic (exact) mass is 1540 g/mol. The third kappa shape index (κ3) is 12.5. The lowest BCUT2D eigenvalue weighted by molar-refractivity contribution is 1.18. The van der Waals surface area contributed by atoms with Gasteiger partial charge in [-0.3, -0.25) is 0 Å². The van der Waals surface area contributed by atoms with Crippen molar-refractivity contribution < 1.29 is 0 Å². The number of rotatable bonds is 9. The van der Waals surface area contributed by atoms with E-state index in [4.69, 9.17) is 0 Å². The Bertz CT molecular complexity index is 8310. The van der Waals surface area contributed by atoms with E-state index in [0.29, 0.717) is 0 Å². The van der Waals surface area contributed by atoms with Gasteiger partial charge in [-0.05, 0) is 251 Å². The maximum atomic E-state index is 2.37. The lowest BCUT2D eigenvalue weighted by Crippen LogP contribution is -1.92. The molecule has 0 amide bonds. The first kappa shape index (κ1) is 70.5. The van der Waals surface area contributed by atoms with Crippen molar-refractivity contribution in [2.75, 3.05) is 0 Å². The Morgan fingerprint density at radius 3 is 0.678 bits per heavy atom. The largest absolute Gasteiger partial charge is 0.309 e. The zero-order valence-corrected chi connectivity index (χ0v) is 66.3. The quantitative estimate of drug-likeness (QED) is 0.128. The summed E-state index contributed by atoms with van der Waals surface area (Å²) in [5, 5.41) is 25.8. The van der Waals surface area contributed by atoms with Crippen LogP contribution in [0.2, 0.25) is 0 Å². The van der Waals surface area contributed by atoms with E-state index in [1.165, 1.54) is 225 Å². The van der Waals surface area contributed by atoms with Gasteiger partial charge in [-0.2, -0.15) is 0 Å². The number of hydrogen-bond acceptors (Lipinski definition) is 0. The Labute approximate surface area is 700 Å². The minimum Gasteiger partial charge on any atom is -0.309 e. The highest BCUT2D eigenvalue weighted by Gasteiger charge is 2.19. The summed E-state index contributed by atoms with van der Waals surface area (Å²) in [5.74, 6) is 0. The van der Waals surface area contributed by atoms with Crippen LogP contribution in [-0.4, -0.2) is 13.7 Å². The van der Waals surface area contributed by atoms with Crippen molar-refractivity contribution in [1.82, 2.24) is 13.7 Å². The topological polar surface area (TPSA) is 14.8 Å². The molecule has 564 valence electrons. The molecular weight excluding hydrogens is 1460 g/mol. The second-order valence-corrected chi connectivity index (χ2v) is 31.8. The van der Waals surface area contributed by atoms with Crippen LogP contribution in [0.1, 0.15) is 0 Å². The molecule has 3 aromatic heterocycles. The molecule has 22 aromatic carbocycles.